The molecule has 0 aromatic heterocycles. The molecular weight excluding hydrogens is 236 g/mol. The van der Waals surface area contributed by atoms with Gasteiger partial charge in [0.25, 0.3) is 0 Å². The first-order valence-electron chi connectivity index (χ1n) is 7.39. The lowest BCUT2D eigenvalue weighted by atomic mass is 9.91. The quantitative estimate of drug-likeness (QED) is 0.826. The van der Waals surface area contributed by atoms with Crippen LogP contribution in [0.5, 0.6) is 0 Å². The molecule has 2 unspecified atom stereocenters. The first-order chi connectivity index (χ1) is 9.24. The lowest BCUT2D eigenvalue weighted by Gasteiger charge is -2.38. The smallest absolute Gasteiger partial charge is 0.0591 e. The molecule has 106 valence electrons. The van der Waals surface area contributed by atoms with E-state index in [0.717, 1.165) is 18.7 Å². The minimum atomic E-state index is 0.423. The van der Waals surface area contributed by atoms with Crippen molar-refractivity contribution in [2.75, 3.05) is 24.3 Å². The third-order valence-electron chi connectivity index (χ3n) is 4.06. The van der Waals surface area contributed by atoms with Crippen LogP contribution in [0.1, 0.15) is 39.0 Å². The molecule has 1 aromatic carbocycles. The fourth-order valence-electron chi connectivity index (χ4n) is 3.05. The Morgan fingerprint density at radius 2 is 2.00 bits per heavy atom. The van der Waals surface area contributed by atoms with Crippen molar-refractivity contribution in [2.45, 2.75) is 51.2 Å². The van der Waals surface area contributed by atoms with Gasteiger partial charge in [0.05, 0.1) is 6.10 Å². The van der Waals surface area contributed by atoms with Crippen LogP contribution in [-0.4, -0.2) is 25.8 Å². The molecule has 1 saturated carbocycles. The summed E-state index contributed by atoms with van der Waals surface area (Å²) in [6.07, 6.45) is 6.46. The van der Waals surface area contributed by atoms with Crippen molar-refractivity contribution in [2.24, 2.45) is 0 Å². The van der Waals surface area contributed by atoms with E-state index in [2.05, 4.69) is 24.0 Å². The van der Waals surface area contributed by atoms with Crippen LogP contribution in [0.2, 0.25) is 0 Å². The van der Waals surface area contributed by atoms with Crippen molar-refractivity contribution in [1.82, 2.24) is 0 Å². The predicted octanol–water partition coefficient (Wildman–Crippen LogP) is 3.44. The van der Waals surface area contributed by atoms with E-state index in [1.807, 2.05) is 19.2 Å². The van der Waals surface area contributed by atoms with Gasteiger partial charge in [0.1, 0.15) is 0 Å². The third kappa shape index (κ3) is 3.63. The molecule has 2 atom stereocenters. The zero-order valence-electron chi connectivity index (χ0n) is 12.1. The van der Waals surface area contributed by atoms with Crippen LogP contribution in [0.3, 0.4) is 0 Å². The van der Waals surface area contributed by atoms with E-state index < -0.39 is 0 Å². The first kappa shape index (κ1) is 14.2. The monoisotopic (exact) mass is 262 g/mol. The minimum absolute atomic E-state index is 0.423. The largest absolute Gasteiger partial charge is 0.399 e. The van der Waals surface area contributed by atoms with Crippen LogP contribution in [0.4, 0.5) is 11.4 Å². The average molecular weight is 262 g/mol. The Bertz CT molecular complexity index is 377. The van der Waals surface area contributed by atoms with E-state index in [4.69, 9.17) is 10.5 Å². The lowest BCUT2D eigenvalue weighted by molar-refractivity contribution is 0.0631. The Labute approximate surface area is 116 Å². The highest BCUT2D eigenvalue weighted by Gasteiger charge is 2.26. The zero-order valence-corrected chi connectivity index (χ0v) is 12.1. The van der Waals surface area contributed by atoms with Gasteiger partial charge in [-0.15, -0.1) is 0 Å². The maximum Gasteiger partial charge on any atom is 0.0591 e. The Morgan fingerprint density at radius 3 is 2.63 bits per heavy atom. The van der Waals surface area contributed by atoms with E-state index in [9.17, 15) is 0 Å². The molecule has 3 nitrogen and oxygen atoms in total. The van der Waals surface area contributed by atoms with Gasteiger partial charge in [0, 0.05) is 31.1 Å². The van der Waals surface area contributed by atoms with E-state index >= 15 is 0 Å². The van der Waals surface area contributed by atoms with Crippen LogP contribution in [-0.2, 0) is 4.74 Å². The van der Waals surface area contributed by atoms with E-state index in [1.54, 1.807) is 0 Å². The molecule has 0 saturated heterocycles. The molecule has 1 fully saturated rings. The highest BCUT2D eigenvalue weighted by atomic mass is 16.5. The van der Waals surface area contributed by atoms with Crippen molar-refractivity contribution in [3.05, 3.63) is 24.3 Å². The van der Waals surface area contributed by atoms with Crippen molar-refractivity contribution in [1.29, 1.82) is 0 Å². The Kier molecular flexibility index (Phi) is 5.08. The molecule has 0 bridgehead atoms. The molecule has 2 N–H and O–H groups in total. The van der Waals surface area contributed by atoms with Crippen molar-refractivity contribution >= 4 is 11.4 Å². The number of nitrogen functional groups attached to an aromatic ring is 1. The van der Waals surface area contributed by atoms with Gasteiger partial charge in [0.15, 0.2) is 0 Å². The Morgan fingerprint density at radius 1 is 1.26 bits per heavy atom. The molecule has 3 heteroatoms. The van der Waals surface area contributed by atoms with Crippen LogP contribution < -0.4 is 10.6 Å². The molecule has 19 heavy (non-hydrogen) atoms. The fraction of sp³-hybridized carbons (Fsp3) is 0.625. The van der Waals surface area contributed by atoms with Crippen molar-refractivity contribution < 1.29 is 4.74 Å². The molecule has 0 heterocycles. The van der Waals surface area contributed by atoms with Gasteiger partial charge in [-0.1, -0.05) is 6.92 Å². The number of anilines is 2. The summed E-state index contributed by atoms with van der Waals surface area (Å²) in [6.45, 7) is 3.34. The number of methoxy groups -OCH3 is 1. The van der Waals surface area contributed by atoms with Gasteiger partial charge in [-0.3, -0.25) is 0 Å². The minimum Gasteiger partial charge on any atom is -0.399 e. The van der Waals surface area contributed by atoms with Crippen molar-refractivity contribution in [3.8, 4) is 0 Å². The summed E-state index contributed by atoms with van der Waals surface area (Å²) in [6, 6.07) is 8.87. The molecule has 1 aliphatic rings. The maximum absolute atomic E-state index is 5.78. The zero-order chi connectivity index (χ0) is 13.7. The van der Waals surface area contributed by atoms with Gasteiger partial charge < -0.3 is 15.4 Å². The van der Waals surface area contributed by atoms with Gasteiger partial charge >= 0.3 is 0 Å². The summed E-state index contributed by atoms with van der Waals surface area (Å²) in [5.41, 5.74) is 7.91. The van der Waals surface area contributed by atoms with Crippen molar-refractivity contribution in [3.63, 3.8) is 0 Å². The summed E-state index contributed by atoms with van der Waals surface area (Å²) < 4.78 is 5.56. The predicted molar refractivity (Wildman–Crippen MR) is 81.5 cm³/mol. The van der Waals surface area contributed by atoms with E-state index in [0.29, 0.717) is 12.1 Å². The highest BCUT2D eigenvalue weighted by molar-refractivity contribution is 5.53. The molecule has 1 aliphatic carbocycles. The molecule has 0 aliphatic heterocycles. The van der Waals surface area contributed by atoms with E-state index in [-0.39, 0.29) is 0 Å². The molecule has 1 aromatic rings. The number of rotatable bonds is 5. The van der Waals surface area contributed by atoms with Gasteiger partial charge in [-0.05, 0) is 56.4 Å². The number of hydrogen-bond donors (Lipinski definition) is 1. The standard InChI is InChI=1S/C16H26N2O/c1-3-11-18(14-9-7-13(17)8-10-14)15-5-4-6-16(12-15)19-2/h7-10,15-16H,3-6,11-12,17H2,1-2H3. The van der Waals surface area contributed by atoms with Gasteiger partial charge in [0.2, 0.25) is 0 Å². The Balaban J connectivity index is 2.12. The average Bonchev–Trinajstić information content (AvgIpc) is 2.46. The lowest BCUT2D eigenvalue weighted by Crippen LogP contribution is -2.41. The normalized spacial score (nSPS) is 23.3. The summed E-state index contributed by atoms with van der Waals surface area (Å²) in [7, 11) is 1.83. The summed E-state index contributed by atoms with van der Waals surface area (Å²) in [4.78, 5) is 2.53. The summed E-state index contributed by atoms with van der Waals surface area (Å²) >= 11 is 0. The first-order valence-corrected chi connectivity index (χ1v) is 7.39. The molecule has 0 amide bonds. The second-order valence-corrected chi connectivity index (χ2v) is 5.46. The fourth-order valence-corrected chi connectivity index (χ4v) is 3.05. The number of nitrogens with zero attached hydrogens (tertiary/aromatic N) is 1. The van der Waals surface area contributed by atoms with Crippen LogP contribution in [0.25, 0.3) is 0 Å². The Hall–Kier alpha value is -1.22. The highest BCUT2D eigenvalue weighted by Crippen LogP contribution is 2.29. The molecule has 0 spiro atoms. The van der Waals surface area contributed by atoms with Crippen LogP contribution in [0.15, 0.2) is 24.3 Å². The molecule has 2 rings (SSSR count). The summed E-state index contributed by atoms with van der Waals surface area (Å²) in [5, 5.41) is 0. The second-order valence-electron chi connectivity index (χ2n) is 5.46. The SMILES string of the molecule is CCCN(c1ccc(N)cc1)C1CCCC(OC)C1. The summed E-state index contributed by atoms with van der Waals surface area (Å²) in [5.74, 6) is 0. The third-order valence-corrected chi connectivity index (χ3v) is 4.06. The number of hydrogen-bond acceptors (Lipinski definition) is 3. The van der Waals surface area contributed by atoms with Crippen LogP contribution in [0, 0.1) is 0 Å². The van der Waals surface area contributed by atoms with Gasteiger partial charge in [-0.25, -0.2) is 0 Å². The number of benzene rings is 1. The topological polar surface area (TPSA) is 38.5 Å². The maximum atomic E-state index is 5.78. The molecular formula is C16H26N2O. The number of nitrogens with two attached hydrogens (primary N) is 1. The molecule has 0 radical (unpaired) electrons. The number of ether oxygens (including phenoxy) is 1. The van der Waals surface area contributed by atoms with E-state index in [1.165, 1.54) is 31.4 Å². The van der Waals surface area contributed by atoms with Gasteiger partial charge in [-0.2, -0.15) is 0 Å². The van der Waals surface area contributed by atoms with Crippen LogP contribution >= 0.6 is 0 Å². The second kappa shape index (κ2) is 6.80.